The topological polar surface area (TPSA) is 98.7 Å². The highest BCUT2D eigenvalue weighted by atomic mass is 16.4. The molecule has 1 aliphatic carbocycles. The van der Waals surface area contributed by atoms with Gasteiger partial charge < -0.3 is 20.8 Å². The van der Waals surface area contributed by atoms with Crippen molar-refractivity contribution in [2.24, 2.45) is 5.92 Å². The van der Waals surface area contributed by atoms with Gasteiger partial charge in [0.05, 0.1) is 0 Å². The molecule has 1 fully saturated rings. The molecule has 2 amide bonds. The molecule has 4 N–H and O–H groups in total. The summed E-state index contributed by atoms with van der Waals surface area (Å²) >= 11 is 0. The molecule has 0 aromatic heterocycles. The molecule has 0 unspecified atom stereocenters. The zero-order valence-electron chi connectivity index (χ0n) is 9.82. The van der Waals surface area contributed by atoms with Crippen LogP contribution >= 0.6 is 0 Å². The van der Waals surface area contributed by atoms with Crippen molar-refractivity contribution in [2.75, 3.05) is 13.2 Å². The Kier molecular flexibility index (Phi) is 5.76. The molecule has 0 aromatic rings. The van der Waals surface area contributed by atoms with Gasteiger partial charge in [-0.15, -0.1) is 0 Å². The zero-order chi connectivity index (χ0) is 12.7. The number of nitrogens with one attached hydrogen (secondary N) is 2. The second-order valence-corrected chi connectivity index (χ2v) is 4.38. The van der Waals surface area contributed by atoms with Crippen LogP contribution in [0.2, 0.25) is 0 Å². The van der Waals surface area contributed by atoms with Gasteiger partial charge in [0.25, 0.3) is 0 Å². The Hall–Kier alpha value is -1.30. The van der Waals surface area contributed by atoms with Crippen molar-refractivity contribution in [2.45, 2.75) is 38.1 Å². The number of hydrogen-bond donors (Lipinski definition) is 4. The molecule has 98 valence electrons. The second kappa shape index (κ2) is 7.11. The van der Waals surface area contributed by atoms with E-state index < -0.39 is 5.97 Å². The number of rotatable bonds is 6. The lowest BCUT2D eigenvalue weighted by atomic mass is 10.1. The highest BCUT2D eigenvalue weighted by molar-refractivity contribution is 5.74. The molecule has 0 heterocycles. The third kappa shape index (κ3) is 5.04. The van der Waals surface area contributed by atoms with Gasteiger partial charge in [-0.1, -0.05) is 6.42 Å². The van der Waals surface area contributed by atoms with Crippen molar-refractivity contribution in [3.05, 3.63) is 0 Å². The Balaban J connectivity index is 2.14. The van der Waals surface area contributed by atoms with E-state index in [1.165, 1.54) is 0 Å². The van der Waals surface area contributed by atoms with E-state index in [1.54, 1.807) is 0 Å². The highest BCUT2D eigenvalue weighted by Gasteiger charge is 2.27. The van der Waals surface area contributed by atoms with Gasteiger partial charge in [-0.25, -0.2) is 4.79 Å². The molecule has 0 aromatic carbocycles. The number of aliphatic carboxylic acids is 1. The molecular formula is C11H20N2O4. The van der Waals surface area contributed by atoms with Gasteiger partial charge in [0.1, 0.15) is 0 Å². The second-order valence-electron chi connectivity index (χ2n) is 4.38. The molecule has 17 heavy (non-hydrogen) atoms. The minimum atomic E-state index is -0.858. The van der Waals surface area contributed by atoms with Crippen molar-refractivity contribution < 1.29 is 19.8 Å². The Morgan fingerprint density at radius 2 is 2.06 bits per heavy atom. The van der Waals surface area contributed by atoms with E-state index in [1.807, 2.05) is 0 Å². The summed E-state index contributed by atoms with van der Waals surface area (Å²) in [4.78, 5) is 21.7. The smallest absolute Gasteiger partial charge is 0.315 e. The summed E-state index contributed by atoms with van der Waals surface area (Å²) in [5.74, 6) is -0.705. The first-order chi connectivity index (χ1) is 8.13. The Labute approximate surface area is 100 Å². The van der Waals surface area contributed by atoms with Crippen molar-refractivity contribution in [3.63, 3.8) is 0 Å². The maximum Gasteiger partial charge on any atom is 0.315 e. The summed E-state index contributed by atoms with van der Waals surface area (Å²) in [6.07, 6.45) is 3.35. The molecule has 1 rings (SSSR count). The van der Waals surface area contributed by atoms with Crippen LogP contribution in [0.3, 0.4) is 0 Å². The van der Waals surface area contributed by atoms with Gasteiger partial charge in [0, 0.05) is 31.5 Å². The lowest BCUT2D eigenvalue weighted by molar-refractivity contribution is -0.137. The molecule has 1 saturated carbocycles. The van der Waals surface area contributed by atoms with E-state index in [4.69, 9.17) is 10.2 Å². The van der Waals surface area contributed by atoms with Crippen LogP contribution in [0.1, 0.15) is 32.1 Å². The summed E-state index contributed by atoms with van der Waals surface area (Å²) in [7, 11) is 0. The van der Waals surface area contributed by atoms with Crippen LogP contribution in [-0.4, -0.2) is 41.4 Å². The average molecular weight is 244 g/mol. The summed E-state index contributed by atoms with van der Waals surface area (Å²) in [6.45, 7) is 0.457. The fraction of sp³-hybridized carbons (Fsp3) is 0.818. The van der Waals surface area contributed by atoms with Gasteiger partial charge in [0.15, 0.2) is 0 Å². The van der Waals surface area contributed by atoms with E-state index in [-0.39, 0.29) is 31.0 Å². The van der Waals surface area contributed by atoms with Crippen LogP contribution in [0.5, 0.6) is 0 Å². The normalized spacial score (nSPS) is 23.4. The predicted molar refractivity (Wildman–Crippen MR) is 61.6 cm³/mol. The van der Waals surface area contributed by atoms with Gasteiger partial charge in [-0.2, -0.15) is 0 Å². The van der Waals surface area contributed by atoms with E-state index in [0.29, 0.717) is 13.0 Å². The number of aliphatic hydroxyl groups excluding tert-OH is 1. The van der Waals surface area contributed by atoms with Gasteiger partial charge >= 0.3 is 12.0 Å². The number of amides is 2. The average Bonchev–Trinajstić information content (AvgIpc) is 2.71. The molecule has 0 radical (unpaired) electrons. The monoisotopic (exact) mass is 244 g/mol. The van der Waals surface area contributed by atoms with Crippen LogP contribution in [0.25, 0.3) is 0 Å². The van der Waals surface area contributed by atoms with E-state index in [2.05, 4.69) is 10.6 Å². The number of carboxylic acid groups (broad SMARTS) is 1. The molecule has 0 saturated heterocycles. The van der Waals surface area contributed by atoms with Gasteiger partial charge in [0.2, 0.25) is 0 Å². The lowest BCUT2D eigenvalue weighted by Gasteiger charge is -2.19. The summed E-state index contributed by atoms with van der Waals surface area (Å²) in [6, 6.07) is -0.236. The Bertz CT molecular complexity index is 270. The number of carbonyl (C=O) groups is 2. The fourth-order valence-corrected chi connectivity index (χ4v) is 2.11. The Morgan fingerprint density at radius 1 is 1.29 bits per heavy atom. The molecule has 0 spiro atoms. The molecule has 1 aliphatic rings. The van der Waals surface area contributed by atoms with Gasteiger partial charge in [-0.3, -0.25) is 4.79 Å². The highest BCUT2D eigenvalue weighted by Crippen LogP contribution is 2.24. The number of aliphatic hydroxyl groups is 1. The third-order valence-corrected chi connectivity index (χ3v) is 3.06. The minimum Gasteiger partial charge on any atom is -0.481 e. The number of hydrogen-bond acceptors (Lipinski definition) is 3. The van der Waals surface area contributed by atoms with Crippen molar-refractivity contribution in [3.8, 4) is 0 Å². The van der Waals surface area contributed by atoms with E-state index in [9.17, 15) is 9.59 Å². The van der Waals surface area contributed by atoms with Crippen LogP contribution in [-0.2, 0) is 4.79 Å². The van der Waals surface area contributed by atoms with Crippen molar-refractivity contribution >= 4 is 12.0 Å². The molecular weight excluding hydrogens is 224 g/mol. The maximum absolute atomic E-state index is 11.5. The fourth-order valence-electron chi connectivity index (χ4n) is 2.11. The number of carbonyl (C=O) groups excluding carboxylic acids is 1. The molecule has 0 bridgehead atoms. The zero-order valence-corrected chi connectivity index (χ0v) is 9.82. The first-order valence-electron chi connectivity index (χ1n) is 6.00. The summed E-state index contributed by atoms with van der Waals surface area (Å²) < 4.78 is 0. The number of urea groups is 1. The van der Waals surface area contributed by atoms with E-state index in [0.717, 1.165) is 19.3 Å². The minimum absolute atomic E-state index is 0.0412. The van der Waals surface area contributed by atoms with Gasteiger partial charge in [-0.05, 0) is 19.3 Å². The van der Waals surface area contributed by atoms with Crippen LogP contribution in [0.4, 0.5) is 4.79 Å². The van der Waals surface area contributed by atoms with Crippen LogP contribution in [0.15, 0.2) is 0 Å². The third-order valence-electron chi connectivity index (χ3n) is 3.06. The standard InChI is InChI=1S/C11H20N2O4/c14-7-8-3-1-4-9(8)13-11(17)12-6-2-5-10(15)16/h8-9,14H,1-7H2,(H,15,16)(H2,12,13,17)/t8-,9-/m0/s1. The maximum atomic E-state index is 11.5. The molecule has 6 heteroatoms. The summed E-state index contributed by atoms with van der Waals surface area (Å²) in [5.41, 5.74) is 0. The van der Waals surface area contributed by atoms with Crippen LogP contribution in [0, 0.1) is 5.92 Å². The first kappa shape index (κ1) is 13.8. The van der Waals surface area contributed by atoms with Crippen molar-refractivity contribution in [1.29, 1.82) is 0 Å². The largest absolute Gasteiger partial charge is 0.481 e. The SMILES string of the molecule is O=C(O)CCCNC(=O)N[C@H]1CCC[C@H]1CO. The van der Waals surface area contributed by atoms with Crippen molar-refractivity contribution in [1.82, 2.24) is 10.6 Å². The first-order valence-corrected chi connectivity index (χ1v) is 6.00. The van der Waals surface area contributed by atoms with Crippen LogP contribution < -0.4 is 10.6 Å². The molecule has 2 atom stereocenters. The molecule has 0 aliphatic heterocycles. The predicted octanol–water partition coefficient (Wildman–Crippen LogP) is 0.311. The van der Waals surface area contributed by atoms with E-state index >= 15 is 0 Å². The lowest BCUT2D eigenvalue weighted by Crippen LogP contribution is -2.44. The Morgan fingerprint density at radius 3 is 2.71 bits per heavy atom. The molecule has 6 nitrogen and oxygen atoms in total. The number of carboxylic acids is 1. The summed E-state index contributed by atoms with van der Waals surface area (Å²) in [5, 5.41) is 22.9. The quantitative estimate of drug-likeness (QED) is 0.505.